The fourth-order valence-corrected chi connectivity index (χ4v) is 5.86. The van der Waals surface area contributed by atoms with Gasteiger partial charge in [-0.15, -0.1) is 5.10 Å². The van der Waals surface area contributed by atoms with E-state index in [-0.39, 0.29) is 11.0 Å². The first kappa shape index (κ1) is 28.6. The first-order valence-electron chi connectivity index (χ1n) is 14.6. The third-order valence-corrected chi connectivity index (χ3v) is 8.42. The van der Waals surface area contributed by atoms with Crippen LogP contribution in [0.3, 0.4) is 0 Å². The van der Waals surface area contributed by atoms with Crippen LogP contribution in [0.1, 0.15) is 57.2 Å². The number of ether oxygens (including phenoxy) is 1. The standard InChI is InChI=1S/C35H35N5O2S/c1-6-7-19-42-28-17-18-29(23(2)20-28)31-25(22-39(37-31)27-11-9-8-10-12-27)21-30-33(41)40-34(43-30)36-32(38-40)24-13-15-26(16-14-24)35(3,4)5/h8-18,20-22H,6-7,19H2,1-5H3. The molecule has 0 N–H and O–H groups in total. The molecule has 0 aliphatic carbocycles. The smallest absolute Gasteiger partial charge is 0.291 e. The topological polar surface area (TPSA) is 74.3 Å². The Morgan fingerprint density at radius 2 is 1.74 bits per heavy atom. The molecule has 0 spiro atoms. The fraction of sp³-hybridized carbons (Fsp3) is 0.257. The van der Waals surface area contributed by atoms with Gasteiger partial charge >= 0.3 is 0 Å². The van der Waals surface area contributed by atoms with E-state index in [1.807, 2.05) is 77.6 Å². The van der Waals surface area contributed by atoms with Crippen LogP contribution in [0.15, 0.2) is 83.8 Å². The van der Waals surface area contributed by atoms with Crippen molar-refractivity contribution in [3.63, 3.8) is 0 Å². The Balaban J connectivity index is 1.40. The summed E-state index contributed by atoms with van der Waals surface area (Å²) in [4.78, 5) is 18.8. The summed E-state index contributed by atoms with van der Waals surface area (Å²) in [5.41, 5.74) is 6.59. The van der Waals surface area contributed by atoms with Gasteiger partial charge in [0, 0.05) is 22.9 Å². The van der Waals surface area contributed by atoms with Crippen LogP contribution in [0.2, 0.25) is 0 Å². The molecule has 0 amide bonds. The number of unbranched alkanes of at least 4 members (excludes halogenated alkanes) is 1. The van der Waals surface area contributed by atoms with Gasteiger partial charge in [0.15, 0.2) is 5.82 Å². The number of thiazole rings is 1. The van der Waals surface area contributed by atoms with Gasteiger partial charge in [-0.2, -0.15) is 14.6 Å². The zero-order valence-electron chi connectivity index (χ0n) is 25.2. The molecule has 7 nitrogen and oxygen atoms in total. The minimum atomic E-state index is -0.195. The average Bonchev–Trinajstić information content (AvgIpc) is 3.68. The van der Waals surface area contributed by atoms with E-state index >= 15 is 0 Å². The molecule has 0 saturated heterocycles. The molecule has 3 aromatic carbocycles. The van der Waals surface area contributed by atoms with Gasteiger partial charge in [0.05, 0.1) is 16.8 Å². The first-order valence-corrected chi connectivity index (χ1v) is 15.4. The molecule has 0 aliphatic rings. The molecule has 0 bridgehead atoms. The van der Waals surface area contributed by atoms with Crippen LogP contribution in [-0.4, -0.2) is 31.0 Å². The summed E-state index contributed by atoms with van der Waals surface area (Å²) in [5, 5.41) is 9.54. The van der Waals surface area contributed by atoms with E-state index in [2.05, 4.69) is 51.9 Å². The third kappa shape index (κ3) is 5.88. The molecule has 0 unspecified atom stereocenters. The minimum Gasteiger partial charge on any atom is -0.494 e. The summed E-state index contributed by atoms with van der Waals surface area (Å²) < 4.78 is 9.74. The maximum absolute atomic E-state index is 13.5. The molecule has 3 aromatic heterocycles. The van der Waals surface area contributed by atoms with Crippen LogP contribution in [0.25, 0.3) is 39.4 Å². The Kier molecular flexibility index (Phi) is 7.71. The molecule has 218 valence electrons. The fourth-order valence-electron chi connectivity index (χ4n) is 4.96. The van der Waals surface area contributed by atoms with Gasteiger partial charge < -0.3 is 4.74 Å². The molecular weight excluding hydrogens is 554 g/mol. The maximum Gasteiger partial charge on any atom is 0.291 e. The predicted octanol–water partition coefficient (Wildman–Crippen LogP) is 7.00. The minimum absolute atomic E-state index is 0.0591. The van der Waals surface area contributed by atoms with E-state index in [0.29, 0.717) is 21.9 Å². The Bertz CT molecular complexity index is 2000. The van der Waals surface area contributed by atoms with Crippen molar-refractivity contribution in [2.24, 2.45) is 0 Å². The normalized spacial score (nSPS) is 12.3. The van der Waals surface area contributed by atoms with Crippen LogP contribution in [0.5, 0.6) is 5.75 Å². The molecular formula is C35H35N5O2S. The van der Waals surface area contributed by atoms with Crippen LogP contribution < -0.4 is 14.8 Å². The van der Waals surface area contributed by atoms with Crippen LogP contribution in [0, 0.1) is 6.92 Å². The van der Waals surface area contributed by atoms with Crippen molar-refractivity contribution in [2.45, 2.75) is 52.9 Å². The van der Waals surface area contributed by atoms with E-state index < -0.39 is 0 Å². The van der Waals surface area contributed by atoms with Crippen LogP contribution in [-0.2, 0) is 5.41 Å². The molecule has 8 heteroatoms. The quantitative estimate of drug-likeness (QED) is 0.179. The Hall–Kier alpha value is -4.56. The van der Waals surface area contributed by atoms with Crippen molar-refractivity contribution in [1.29, 1.82) is 0 Å². The molecule has 0 aliphatic heterocycles. The van der Waals surface area contributed by atoms with E-state index in [9.17, 15) is 4.79 Å². The van der Waals surface area contributed by atoms with Crippen molar-refractivity contribution < 1.29 is 4.74 Å². The SMILES string of the molecule is CCCCOc1ccc(-c2nn(-c3ccccc3)cc2C=c2sc3nc(-c4ccc(C(C)(C)C)cc4)nn3c2=O)c(C)c1. The maximum atomic E-state index is 13.5. The van der Waals surface area contributed by atoms with E-state index in [1.165, 1.54) is 21.4 Å². The summed E-state index contributed by atoms with van der Waals surface area (Å²) in [5.74, 6) is 1.39. The summed E-state index contributed by atoms with van der Waals surface area (Å²) in [7, 11) is 0. The van der Waals surface area contributed by atoms with Gasteiger partial charge in [-0.05, 0) is 66.3 Å². The molecule has 3 heterocycles. The highest BCUT2D eigenvalue weighted by atomic mass is 32.1. The number of hydrogen-bond donors (Lipinski definition) is 0. The number of para-hydroxylation sites is 1. The average molecular weight is 590 g/mol. The van der Waals surface area contributed by atoms with Gasteiger partial charge in [-0.3, -0.25) is 4.79 Å². The van der Waals surface area contributed by atoms with Crippen molar-refractivity contribution in [1.82, 2.24) is 24.4 Å². The lowest BCUT2D eigenvalue weighted by atomic mass is 9.87. The van der Waals surface area contributed by atoms with Gasteiger partial charge in [-0.1, -0.05) is 87.9 Å². The lowest BCUT2D eigenvalue weighted by Gasteiger charge is -2.18. The summed E-state index contributed by atoms with van der Waals surface area (Å²) in [6, 6.07) is 24.3. The second kappa shape index (κ2) is 11.6. The number of benzene rings is 3. The Morgan fingerprint density at radius 3 is 2.42 bits per heavy atom. The number of aryl methyl sites for hydroxylation is 1. The zero-order chi connectivity index (χ0) is 30.1. The molecule has 43 heavy (non-hydrogen) atoms. The Morgan fingerprint density at radius 1 is 0.977 bits per heavy atom. The zero-order valence-corrected chi connectivity index (χ0v) is 26.0. The summed E-state index contributed by atoms with van der Waals surface area (Å²) in [6.45, 7) is 11.5. The molecule has 0 radical (unpaired) electrons. The van der Waals surface area contributed by atoms with Crippen LogP contribution >= 0.6 is 11.3 Å². The highest BCUT2D eigenvalue weighted by molar-refractivity contribution is 7.15. The summed E-state index contributed by atoms with van der Waals surface area (Å²) in [6.07, 6.45) is 5.97. The second-order valence-corrected chi connectivity index (χ2v) is 12.8. The molecule has 6 aromatic rings. The lowest BCUT2D eigenvalue weighted by molar-refractivity contribution is 0.309. The lowest BCUT2D eigenvalue weighted by Crippen LogP contribution is -2.23. The highest BCUT2D eigenvalue weighted by Crippen LogP contribution is 2.30. The predicted molar refractivity (Wildman–Crippen MR) is 174 cm³/mol. The van der Waals surface area contributed by atoms with Crippen molar-refractivity contribution in [3.05, 3.63) is 111 Å². The molecule has 6 rings (SSSR count). The van der Waals surface area contributed by atoms with E-state index in [0.717, 1.165) is 52.2 Å². The monoisotopic (exact) mass is 589 g/mol. The highest BCUT2D eigenvalue weighted by Gasteiger charge is 2.18. The number of fused-ring (bicyclic) bond motifs is 1. The largest absolute Gasteiger partial charge is 0.494 e. The van der Waals surface area contributed by atoms with Crippen molar-refractivity contribution in [2.75, 3.05) is 6.61 Å². The first-order chi connectivity index (χ1) is 20.7. The van der Waals surface area contributed by atoms with Gasteiger partial charge in [0.1, 0.15) is 11.4 Å². The number of rotatable bonds is 8. The van der Waals surface area contributed by atoms with Gasteiger partial charge in [-0.25, -0.2) is 4.68 Å². The number of hydrogen-bond acceptors (Lipinski definition) is 6. The number of nitrogens with zero attached hydrogens (tertiary/aromatic N) is 5. The molecule has 0 fully saturated rings. The number of aromatic nitrogens is 5. The van der Waals surface area contributed by atoms with E-state index in [1.54, 1.807) is 0 Å². The van der Waals surface area contributed by atoms with Gasteiger partial charge in [0.25, 0.3) is 5.56 Å². The molecule has 0 saturated carbocycles. The van der Waals surface area contributed by atoms with Crippen molar-refractivity contribution >= 4 is 22.4 Å². The van der Waals surface area contributed by atoms with Gasteiger partial charge in [0.2, 0.25) is 4.96 Å². The van der Waals surface area contributed by atoms with Crippen molar-refractivity contribution in [3.8, 4) is 34.1 Å². The third-order valence-electron chi connectivity index (χ3n) is 7.46. The van der Waals surface area contributed by atoms with Crippen LogP contribution in [0.4, 0.5) is 0 Å². The van der Waals surface area contributed by atoms with E-state index in [4.69, 9.17) is 14.8 Å². The summed E-state index contributed by atoms with van der Waals surface area (Å²) >= 11 is 1.33. The Labute approximate surface area is 255 Å². The second-order valence-electron chi connectivity index (χ2n) is 11.8. The molecule has 0 atom stereocenters.